The molecule has 1 aliphatic carbocycles. The van der Waals surface area contributed by atoms with E-state index >= 15 is 0 Å². The molecule has 0 unspecified atom stereocenters. The zero-order chi connectivity index (χ0) is 36.7. The van der Waals surface area contributed by atoms with E-state index < -0.39 is 18.1 Å². The first-order valence-electron chi connectivity index (χ1n) is 15.3. The Morgan fingerprint density at radius 3 is 2.25 bits per heavy atom. The number of nitrogens with one attached hydrogen (secondary N) is 1. The molecule has 0 atom stereocenters. The minimum absolute atomic E-state index is 0.0399. The van der Waals surface area contributed by atoms with Crippen molar-refractivity contribution in [3.63, 3.8) is 0 Å². The van der Waals surface area contributed by atoms with Crippen molar-refractivity contribution in [2.24, 2.45) is 5.73 Å². The topological polar surface area (TPSA) is 102 Å². The molecule has 2 aromatic carbocycles. The number of carbonyl (C=O) groups is 3. The van der Waals surface area contributed by atoms with Crippen molar-refractivity contribution in [2.75, 3.05) is 6.54 Å². The second kappa shape index (κ2) is 23.7. The molecule has 6 nitrogen and oxygen atoms in total. The fraction of sp³-hybridized carbons (Fsp3) is 0.351. The van der Waals surface area contributed by atoms with E-state index in [4.69, 9.17) is 4.79 Å². The lowest BCUT2D eigenvalue weighted by molar-refractivity contribution is -0.120. The molecule has 48 heavy (non-hydrogen) atoms. The highest BCUT2D eigenvalue weighted by atomic mass is 32.1. The molecule has 1 aliphatic rings. The fourth-order valence-corrected chi connectivity index (χ4v) is 4.50. The van der Waals surface area contributed by atoms with Crippen LogP contribution in [0, 0.1) is 23.5 Å². The van der Waals surface area contributed by atoms with Gasteiger partial charge in [-0.2, -0.15) is 0 Å². The number of carbonyl (C=O) groups excluding carboxylic acids is 3. The molecule has 2 amide bonds. The predicted molar refractivity (Wildman–Crippen MR) is 187 cm³/mol. The van der Waals surface area contributed by atoms with Gasteiger partial charge < -0.3 is 11.1 Å². The maximum atomic E-state index is 13.9. The van der Waals surface area contributed by atoms with Crippen LogP contribution in [0.15, 0.2) is 66.2 Å². The summed E-state index contributed by atoms with van der Waals surface area (Å²) in [4.78, 5) is 35.9. The number of amides is 2. The van der Waals surface area contributed by atoms with Gasteiger partial charge in [0.05, 0.1) is 13.0 Å². The molecular formula is C37H45F4N3O3S. The summed E-state index contributed by atoms with van der Waals surface area (Å²) >= 11 is 1.45. The molecule has 260 valence electrons. The first kappa shape index (κ1) is 43.4. The van der Waals surface area contributed by atoms with E-state index in [1.165, 1.54) is 24.3 Å². The van der Waals surface area contributed by atoms with Crippen molar-refractivity contribution in [3.8, 4) is 11.8 Å². The quantitative estimate of drug-likeness (QED) is 0.0856. The van der Waals surface area contributed by atoms with Crippen molar-refractivity contribution in [1.82, 2.24) is 10.3 Å². The van der Waals surface area contributed by atoms with E-state index in [1.807, 2.05) is 64.3 Å². The number of hydrogen-bond acceptors (Lipinski definition) is 5. The van der Waals surface area contributed by atoms with E-state index in [9.17, 15) is 27.2 Å². The van der Waals surface area contributed by atoms with Gasteiger partial charge in [-0.05, 0) is 86.3 Å². The summed E-state index contributed by atoms with van der Waals surface area (Å²) in [5.41, 5.74) is 7.49. The van der Waals surface area contributed by atoms with E-state index in [0.29, 0.717) is 11.1 Å². The summed E-state index contributed by atoms with van der Waals surface area (Å²) < 4.78 is 48.2. The number of ketones is 1. The van der Waals surface area contributed by atoms with E-state index in [0.717, 1.165) is 41.5 Å². The van der Waals surface area contributed by atoms with Crippen LogP contribution in [0.4, 0.5) is 17.6 Å². The summed E-state index contributed by atoms with van der Waals surface area (Å²) in [6, 6.07) is 10.2. The number of Topliss-reactive ketones (excluding diaryl/α,β-unsaturated/α-hetero) is 1. The summed E-state index contributed by atoms with van der Waals surface area (Å²) in [6.45, 7) is 12.4. The number of thiazole rings is 1. The van der Waals surface area contributed by atoms with Crippen LogP contribution in [0.5, 0.6) is 0 Å². The maximum Gasteiger partial charge on any atom is 0.235 e. The third-order valence-electron chi connectivity index (χ3n) is 6.42. The van der Waals surface area contributed by atoms with Crippen molar-refractivity contribution >= 4 is 35.0 Å². The van der Waals surface area contributed by atoms with E-state index in [-0.39, 0.29) is 36.5 Å². The first-order valence-corrected chi connectivity index (χ1v) is 16.2. The molecular weight excluding hydrogens is 642 g/mol. The zero-order valence-electron chi connectivity index (χ0n) is 28.5. The highest BCUT2D eigenvalue weighted by molar-refractivity contribution is 7.10. The average molecular weight is 688 g/mol. The second-order valence-electron chi connectivity index (χ2n) is 10.1. The number of aromatic nitrogens is 1. The van der Waals surface area contributed by atoms with Gasteiger partial charge in [-0.1, -0.05) is 69.2 Å². The molecule has 0 saturated heterocycles. The number of primary amides is 1. The first-order chi connectivity index (χ1) is 22.8. The lowest BCUT2D eigenvalue weighted by Gasteiger charge is -2.13. The van der Waals surface area contributed by atoms with Crippen molar-refractivity contribution in [1.29, 1.82) is 0 Å². The third kappa shape index (κ3) is 16.3. The van der Waals surface area contributed by atoms with Crippen LogP contribution in [0.2, 0.25) is 0 Å². The maximum absolute atomic E-state index is 13.9. The molecule has 0 bridgehead atoms. The average Bonchev–Trinajstić information content (AvgIpc) is 3.57. The third-order valence-corrected chi connectivity index (χ3v) is 7.11. The van der Waals surface area contributed by atoms with Crippen LogP contribution in [0.1, 0.15) is 93.4 Å². The minimum atomic E-state index is -2.17. The molecule has 3 aromatic rings. The SMILES string of the molecule is C/C=C\C(=C/C)c1cc(F)c(F)c(C2(C)CC2)c1.CC.CC(=O)c1ccccc1CC(=O)NCC#Cc1nccs1.CC(F)F.NC=O. The van der Waals surface area contributed by atoms with Crippen LogP contribution in [0.3, 0.4) is 0 Å². The van der Waals surface area contributed by atoms with E-state index in [2.05, 4.69) is 27.9 Å². The number of hydrogen-bond donors (Lipinski definition) is 2. The molecule has 0 radical (unpaired) electrons. The smallest absolute Gasteiger partial charge is 0.235 e. The standard InChI is InChI=1S/C16H18F2.C16H14N2O2S.C2H4F2.C2H6.CH3NO/c1-4-6-11(5-2)12-9-13(16(3)7-8-16)15(18)14(17)10-12;1-12(19)14-6-3-2-5-13(14)11-15(20)17-8-4-7-16-18-9-10-21-16;1-2(3)4;1-2;2-1-3/h4-6,9-10H,7-8H2,1-3H3;2-3,5-6,9-10H,8,11H2,1H3,(H,17,20);2H,1H3;1-2H3;1H,(H2,2,3)/b6-4-,11-5+;;;;. The summed E-state index contributed by atoms with van der Waals surface area (Å²) in [5, 5.41) is 5.29. The van der Waals surface area contributed by atoms with Gasteiger partial charge in [0.2, 0.25) is 18.7 Å². The molecule has 11 heteroatoms. The van der Waals surface area contributed by atoms with Crippen LogP contribution in [0.25, 0.3) is 5.57 Å². The van der Waals surface area contributed by atoms with Gasteiger partial charge in [-0.25, -0.2) is 22.5 Å². The van der Waals surface area contributed by atoms with Gasteiger partial charge >= 0.3 is 0 Å². The van der Waals surface area contributed by atoms with Gasteiger partial charge in [0.15, 0.2) is 22.4 Å². The Balaban J connectivity index is 0.000000744. The largest absolute Gasteiger partial charge is 0.372 e. The number of nitrogens with zero attached hydrogens (tertiary/aromatic N) is 1. The molecule has 4 rings (SSSR count). The van der Waals surface area contributed by atoms with Crippen molar-refractivity contribution in [3.05, 3.63) is 105 Å². The van der Waals surface area contributed by atoms with Crippen molar-refractivity contribution in [2.45, 2.75) is 79.6 Å². The Bertz CT molecular complexity index is 1550. The number of halogens is 4. The molecule has 3 N–H and O–H groups in total. The number of alkyl halides is 2. The molecule has 0 spiro atoms. The van der Waals surface area contributed by atoms with Gasteiger partial charge in [0, 0.05) is 17.1 Å². The fourth-order valence-electron chi connectivity index (χ4n) is 3.99. The Morgan fingerprint density at radius 2 is 1.75 bits per heavy atom. The molecule has 1 heterocycles. The summed E-state index contributed by atoms with van der Waals surface area (Å²) in [5.74, 6) is 4.07. The van der Waals surface area contributed by atoms with Crippen LogP contribution >= 0.6 is 11.3 Å². The van der Waals surface area contributed by atoms with Crippen LogP contribution < -0.4 is 11.1 Å². The highest BCUT2D eigenvalue weighted by Crippen LogP contribution is 2.49. The van der Waals surface area contributed by atoms with Crippen molar-refractivity contribution < 1.29 is 31.9 Å². The molecule has 0 aliphatic heterocycles. The van der Waals surface area contributed by atoms with Gasteiger partial charge in [-0.3, -0.25) is 14.4 Å². The Hall–Kier alpha value is -4.56. The zero-order valence-corrected chi connectivity index (χ0v) is 29.3. The number of allylic oxidation sites excluding steroid dienone is 4. The highest BCUT2D eigenvalue weighted by Gasteiger charge is 2.42. The van der Waals surface area contributed by atoms with Gasteiger partial charge in [-0.15, -0.1) is 11.3 Å². The Labute approximate surface area is 285 Å². The number of rotatable bonds is 7. The Kier molecular flexibility index (Phi) is 21.5. The summed E-state index contributed by atoms with van der Waals surface area (Å²) in [6.07, 6.45) is 7.52. The lowest BCUT2D eigenvalue weighted by Crippen LogP contribution is -2.26. The monoisotopic (exact) mass is 687 g/mol. The number of benzene rings is 2. The van der Waals surface area contributed by atoms with Crippen LogP contribution in [-0.2, 0) is 21.4 Å². The predicted octanol–water partition coefficient (Wildman–Crippen LogP) is 8.45. The lowest BCUT2D eigenvalue weighted by atomic mass is 9.93. The summed E-state index contributed by atoms with van der Waals surface area (Å²) in [7, 11) is 0. The molecule has 1 fully saturated rings. The van der Waals surface area contributed by atoms with Crippen LogP contribution in [-0.4, -0.2) is 36.1 Å². The van der Waals surface area contributed by atoms with Gasteiger partial charge in [0.25, 0.3) is 0 Å². The number of nitrogens with two attached hydrogens (primary N) is 1. The van der Waals surface area contributed by atoms with Gasteiger partial charge in [0.1, 0.15) is 0 Å². The second-order valence-corrected chi connectivity index (χ2v) is 11.0. The Morgan fingerprint density at radius 1 is 1.15 bits per heavy atom. The normalized spacial score (nSPS) is 12.2. The van der Waals surface area contributed by atoms with E-state index in [1.54, 1.807) is 30.5 Å². The molecule has 1 saturated carbocycles. The minimum Gasteiger partial charge on any atom is -0.372 e. The molecule has 1 aromatic heterocycles.